The second-order valence-corrected chi connectivity index (χ2v) is 6.24. The van der Waals surface area contributed by atoms with Crippen molar-refractivity contribution in [1.82, 2.24) is 9.97 Å². The smallest absolute Gasteiger partial charge is 0.416 e. The van der Waals surface area contributed by atoms with Crippen LogP contribution in [0.3, 0.4) is 0 Å². The van der Waals surface area contributed by atoms with Crippen LogP contribution in [0.4, 0.5) is 13.2 Å². The maximum absolute atomic E-state index is 12.8. The number of nitrogens with zero attached hydrogens (tertiary/aromatic N) is 1. The zero-order valence-corrected chi connectivity index (χ0v) is 14.3. The van der Waals surface area contributed by atoms with Crippen LogP contribution in [0.1, 0.15) is 5.56 Å². The molecule has 1 heterocycles. The van der Waals surface area contributed by atoms with Crippen molar-refractivity contribution in [1.29, 1.82) is 0 Å². The largest absolute Gasteiger partial charge is 0.507 e. The van der Waals surface area contributed by atoms with Crippen molar-refractivity contribution < 1.29 is 18.3 Å². The number of H-pyrrole nitrogens is 1. The molecule has 0 amide bonds. The van der Waals surface area contributed by atoms with E-state index in [9.17, 15) is 23.1 Å². The Morgan fingerprint density at radius 1 is 0.893 bits per heavy atom. The van der Waals surface area contributed by atoms with Crippen LogP contribution < -0.4 is 5.56 Å². The molecule has 0 bridgehead atoms. The van der Waals surface area contributed by atoms with Crippen molar-refractivity contribution >= 4 is 10.9 Å². The zero-order chi connectivity index (χ0) is 19.9. The van der Waals surface area contributed by atoms with E-state index in [0.29, 0.717) is 22.0 Å². The van der Waals surface area contributed by atoms with Crippen LogP contribution in [0.5, 0.6) is 5.75 Å². The van der Waals surface area contributed by atoms with E-state index in [1.807, 2.05) is 0 Å². The first kappa shape index (κ1) is 17.8. The lowest BCUT2D eigenvalue weighted by Crippen LogP contribution is -2.09. The average molecular weight is 382 g/mol. The molecular weight excluding hydrogens is 369 g/mol. The minimum absolute atomic E-state index is 0.103. The van der Waals surface area contributed by atoms with E-state index in [-0.39, 0.29) is 22.7 Å². The molecular formula is C21H13F3N2O2. The molecule has 0 aliphatic rings. The van der Waals surface area contributed by atoms with Gasteiger partial charge in [0.2, 0.25) is 0 Å². The minimum atomic E-state index is -4.41. The van der Waals surface area contributed by atoms with Crippen molar-refractivity contribution in [3.8, 4) is 28.3 Å². The average Bonchev–Trinajstić information content (AvgIpc) is 2.68. The molecule has 0 unspecified atom stereocenters. The molecule has 28 heavy (non-hydrogen) atoms. The van der Waals surface area contributed by atoms with Gasteiger partial charge in [-0.3, -0.25) is 4.79 Å². The zero-order valence-electron chi connectivity index (χ0n) is 14.3. The predicted octanol–water partition coefficient (Wildman–Crippen LogP) is 4.98. The Labute approximate surface area is 156 Å². The highest BCUT2D eigenvalue weighted by atomic mass is 19.4. The molecule has 2 N–H and O–H groups in total. The van der Waals surface area contributed by atoms with Gasteiger partial charge >= 0.3 is 6.18 Å². The molecule has 0 saturated carbocycles. The van der Waals surface area contributed by atoms with Gasteiger partial charge in [0, 0.05) is 0 Å². The molecule has 4 rings (SSSR count). The van der Waals surface area contributed by atoms with Crippen LogP contribution >= 0.6 is 0 Å². The molecule has 4 nitrogen and oxygen atoms in total. The lowest BCUT2D eigenvalue weighted by atomic mass is 10.0. The summed E-state index contributed by atoms with van der Waals surface area (Å²) >= 11 is 0. The molecule has 0 fully saturated rings. The highest BCUT2D eigenvalue weighted by Crippen LogP contribution is 2.34. The summed E-state index contributed by atoms with van der Waals surface area (Å²) in [6.07, 6.45) is -4.41. The second kappa shape index (κ2) is 6.53. The number of aromatic nitrogens is 2. The van der Waals surface area contributed by atoms with E-state index >= 15 is 0 Å². The third kappa shape index (κ3) is 3.22. The van der Waals surface area contributed by atoms with E-state index in [4.69, 9.17) is 0 Å². The summed E-state index contributed by atoms with van der Waals surface area (Å²) in [5.74, 6) is 0.0732. The molecule has 0 spiro atoms. The van der Waals surface area contributed by atoms with Crippen molar-refractivity contribution in [2.24, 2.45) is 0 Å². The number of aromatic amines is 1. The van der Waals surface area contributed by atoms with Crippen LogP contribution in [-0.2, 0) is 6.18 Å². The molecule has 0 atom stereocenters. The van der Waals surface area contributed by atoms with E-state index in [2.05, 4.69) is 9.97 Å². The summed E-state index contributed by atoms with van der Waals surface area (Å²) in [5, 5.41) is 10.7. The Hall–Kier alpha value is -3.61. The van der Waals surface area contributed by atoms with Gasteiger partial charge in [0.25, 0.3) is 5.56 Å². The number of phenolic OH excluding ortho intramolecular Hbond substituents is 1. The lowest BCUT2D eigenvalue weighted by molar-refractivity contribution is -0.137. The molecule has 1 aromatic heterocycles. The van der Waals surface area contributed by atoms with Gasteiger partial charge in [-0.25, -0.2) is 4.98 Å². The summed E-state index contributed by atoms with van der Waals surface area (Å²) < 4.78 is 38.3. The molecule has 3 aromatic carbocycles. The van der Waals surface area contributed by atoms with Crippen molar-refractivity contribution in [3.05, 3.63) is 82.6 Å². The van der Waals surface area contributed by atoms with Gasteiger partial charge in [-0.2, -0.15) is 13.2 Å². The van der Waals surface area contributed by atoms with Crippen molar-refractivity contribution in [2.45, 2.75) is 6.18 Å². The number of phenols is 1. The number of hydrogen-bond acceptors (Lipinski definition) is 3. The van der Waals surface area contributed by atoms with Gasteiger partial charge in [-0.15, -0.1) is 0 Å². The van der Waals surface area contributed by atoms with Crippen LogP contribution in [-0.4, -0.2) is 15.1 Å². The molecule has 140 valence electrons. The maximum Gasteiger partial charge on any atom is 0.416 e. The molecule has 0 radical (unpaired) electrons. The summed E-state index contributed by atoms with van der Waals surface area (Å²) in [7, 11) is 0. The van der Waals surface area contributed by atoms with E-state index in [0.717, 1.165) is 12.1 Å². The Kier molecular flexibility index (Phi) is 4.15. The van der Waals surface area contributed by atoms with Gasteiger partial charge in [0.05, 0.1) is 22.0 Å². The summed E-state index contributed by atoms with van der Waals surface area (Å²) in [6.45, 7) is 0. The Bertz CT molecular complexity index is 1230. The Morgan fingerprint density at radius 2 is 1.57 bits per heavy atom. The van der Waals surface area contributed by atoms with Crippen molar-refractivity contribution in [2.75, 3.05) is 0 Å². The predicted molar refractivity (Wildman–Crippen MR) is 99.9 cm³/mol. The third-order valence-corrected chi connectivity index (χ3v) is 4.41. The first-order valence-electron chi connectivity index (χ1n) is 8.33. The Balaban J connectivity index is 1.81. The number of para-hydroxylation sites is 1. The summed E-state index contributed by atoms with van der Waals surface area (Å²) in [6, 6.07) is 16.1. The fourth-order valence-corrected chi connectivity index (χ4v) is 2.97. The fraction of sp³-hybridized carbons (Fsp3) is 0.0476. The summed E-state index contributed by atoms with van der Waals surface area (Å²) in [5.41, 5.74) is 0.784. The van der Waals surface area contributed by atoms with Gasteiger partial charge in [0.15, 0.2) is 0 Å². The normalized spacial score (nSPS) is 11.7. The summed E-state index contributed by atoms with van der Waals surface area (Å²) in [4.78, 5) is 19.3. The molecule has 0 aliphatic carbocycles. The van der Waals surface area contributed by atoms with Gasteiger partial charge in [-0.1, -0.05) is 30.3 Å². The van der Waals surface area contributed by atoms with Gasteiger partial charge in [-0.05, 0) is 47.5 Å². The number of hydrogen-bond donors (Lipinski definition) is 2. The number of aromatic hydroxyl groups is 1. The fourth-order valence-electron chi connectivity index (χ4n) is 2.97. The maximum atomic E-state index is 12.8. The van der Waals surface area contributed by atoms with Gasteiger partial charge in [0.1, 0.15) is 11.6 Å². The van der Waals surface area contributed by atoms with Crippen molar-refractivity contribution in [3.63, 3.8) is 0 Å². The highest BCUT2D eigenvalue weighted by Gasteiger charge is 2.30. The standard InChI is InChI=1S/C21H13F3N2O2/c22-21(23,24)14-8-5-12(6-9-14)13-7-10-18(27)16(11-13)19-25-17-4-2-1-3-15(17)20(28)26-19/h1-11,27H,(H,25,26,28). The lowest BCUT2D eigenvalue weighted by Gasteiger charge is -2.10. The molecule has 0 aliphatic heterocycles. The number of alkyl halides is 3. The van der Waals surface area contributed by atoms with Crippen LogP contribution in [0, 0.1) is 0 Å². The minimum Gasteiger partial charge on any atom is -0.507 e. The monoisotopic (exact) mass is 382 g/mol. The molecule has 4 aromatic rings. The quantitative estimate of drug-likeness (QED) is 0.514. The van der Waals surface area contributed by atoms with E-state index < -0.39 is 11.7 Å². The van der Waals surface area contributed by atoms with Crippen LogP contribution in [0.15, 0.2) is 71.5 Å². The Morgan fingerprint density at radius 3 is 2.29 bits per heavy atom. The topological polar surface area (TPSA) is 66.0 Å². The molecule has 7 heteroatoms. The number of rotatable bonds is 2. The first-order chi connectivity index (χ1) is 13.3. The number of fused-ring (bicyclic) bond motifs is 1. The number of benzene rings is 3. The third-order valence-electron chi connectivity index (χ3n) is 4.41. The highest BCUT2D eigenvalue weighted by molar-refractivity contribution is 5.81. The van der Waals surface area contributed by atoms with Crippen LogP contribution in [0.2, 0.25) is 0 Å². The first-order valence-corrected chi connectivity index (χ1v) is 8.33. The molecule has 0 saturated heterocycles. The van der Waals surface area contributed by atoms with E-state index in [1.54, 1.807) is 36.4 Å². The number of halogens is 3. The van der Waals surface area contributed by atoms with Crippen LogP contribution in [0.25, 0.3) is 33.4 Å². The van der Waals surface area contributed by atoms with Gasteiger partial charge < -0.3 is 10.1 Å². The number of nitrogens with one attached hydrogen (secondary N) is 1. The SMILES string of the molecule is O=c1[nH]c(-c2cc(-c3ccc(C(F)(F)F)cc3)ccc2O)nc2ccccc12. The van der Waals surface area contributed by atoms with E-state index in [1.165, 1.54) is 18.2 Å². The second-order valence-electron chi connectivity index (χ2n) is 6.24.